The number of aromatic nitrogens is 1. The van der Waals surface area contributed by atoms with Gasteiger partial charge in [-0.25, -0.2) is 4.39 Å². The molecule has 1 saturated carbocycles. The summed E-state index contributed by atoms with van der Waals surface area (Å²) >= 11 is 0. The summed E-state index contributed by atoms with van der Waals surface area (Å²) in [7, 11) is 3.48. The zero-order valence-electron chi connectivity index (χ0n) is 16.2. The Kier molecular flexibility index (Phi) is 4.72. The largest absolute Gasteiger partial charge is 0.381 e. The Bertz CT molecular complexity index is 864. The van der Waals surface area contributed by atoms with Gasteiger partial charge >= 0.3 is 0 Å². The first-order valence-electron chi connectivity index (χ1n) is 9.62. The second kappa shape index (κ2) is 6.91. The predicted molar refractivity (Wildman–Crippen MR) is 101 cm³/mol. The first-order valence-corrected chi connectivity index (χ1v) is 9.62. The SMILES string of the molecule is CO[C@H]1CC[C@@]2(OC)CCN(C(=O)Cc3c(C)[nH]c4c(F)cccc34)[C@H]2C1. The van der Waals surface area contributed by atoms with E-state index in [9.17, 15) is 9.18 Å². The lowest BCUT2D eigenvalue weighted by Gasteiger charge is -2.43. The van der Waals surface area contributed by atoms with Crippen LogP contribution in [0.25, 0.3) is 10.9 Å². The van der Waals surface area contributed by atoms with Gasteiger partial charge < -0.3 is 19.4 Å². The molecule has 1 amide bonds. The van der Waals surface area contributed by atoms with Gasteiger partial charge in [-0.2, -0.15) is 0 Å². The molecule has 1 N–H and O–H groups in total. The summed E-state index contributed by atoms with van der Waals surface area (Å²) in [6.45, 7) is 2.59. The van der Waals surface area contributed by atoms with Gasteiger partial charge in [0.1, 0.15) is 5.82 Å². The zero-order chi connectivity index (χ0) is 19.2. The fourth-order valence-electron chi connectivity index (χ4n) is 5.02. The average molecular weight is 374 g/mol. The molecule has 1 aromatic heterocycles. The molecule has 1 aromatic carbocycles. The fraction of sp³-hybridized carbons (Fsp3) is 0.571. The summed E-state index contributed by atoms with van der Waals surface area (Å²) in [6.07, 6.45) is 3.96. The maximum absolute atomic E-state index is 14.1. The molecule has 3 atom stereocenters. The Morgan fingerprint density at radius 1 is 1.37 bits per heavy atom. The van der Waals surface area contributed by atoms with E-state index < -0.39 is 0 Å². The maximum Gasteiger partial charge on any atom is 0.227 e. The number of nitrogens with one attached hydrogen (secondary N) is 1. The summed E-state index contributed by atoms with van der Waals surface area (Å²) in [5, 5.41) is 0.788. The molecule has 0 unspecified atom stereocenters. The fourth-order valence-corrected chi connectivity index (χ4v) is 5.02. The van der Waals surface area contributed by atoms with Crippen LogP contribution in [0, 0.1) is 12.7 Å². The number of ether oxygens (including phenoxy) is 2. The number of carbonyl (C=O) groups excluding carboxylic acids is 1. The van der Waals surface area contributed by atoms with Gasteiger partial charge in [-0.05, 0) is 44.2 Å². The quantitative estimate of drug-likeness (QED) is 0.893. The molecule has 1 aliphatic carbocycles. The Labute approximate surface area is 158 Å². The smallest absolute Gasteiger partial charge is 0.227 e. The van der Waals surface area contributed by atoms with E-state index >= 15 is 0 Å². The first kappa shape index (κ1) is 18.4. The summed E-state index contributed by atoms with van der Waals surface area (Å²) in [4.78, 5) is 18.3. The molecule has 1 saturated heterocycles. The number of amides is 1. The molecule has 0 spiro atoms. The minimum Gasteiger partial charge on any atom is -0.381 e. The van der Waals surface area contributed by atoms with Crippen LogP contribution in [0.4, 0.5) is 4.39 Å². The number of rotatable bonds is 4. The highest BCUT2D eigenvalue weighted by atomic mass is 19.1. The van der Waals surface area contributed by atoms with Crippen molar-refractivity contribution >= 4 is 16.8 Å². The van der Waals surface area contributed by atoms with Gasteiger partial charge in [0.05, 0.1) is 29.7 Å². The number of likely N-dealkylation sites (tertiary alicyclic amines) is 1. The number of halogens is 1. The highest BCUT2D eigenvalue weighted by Gasteiger charge is 2.52. The Morgan fingerprint density at radius 2 is 2.19 bits per heavy atom. The number of H-pyrrole nitrogens is 1. The summed E-state index contributed by atoms with van der Waals surface area (Å²) < 4.78 is 25.5. The van der Waals surface area contributed by atoms with Crippen LogP contribution in [0.15, 0.2) is 18.2 Å². The number of methoxy groups -OCH3 is 2. The standard InChI is InChI=1S/C21H27FN2O3/c1-13-16(15-5-4-6-17(22)20(15)23-13)12-19(25)24-10-9-21(27-3)8-7-14(26-2)11-18(21)24/h4-6,14,18,23H,7-12H2,1-3H3/t14-,18-,21+/m0/s1. The molecule has 2 aromatic rings. The molecule has 2 aliphatic rings. The van der Waals surface area contributed by atoms with E-state index in [-0.39, 0.29) is 35.9 Å². The molecule has 1 aliphatic heterocycles. The van der Waals surface area contributed by atoms with Crippen molar-refractivity contribution in [3.63, 3.8) is 0 Å². The topological polar surface area (TPSA) is 54.6 Å². The molecule has 5 nitrogen and oxygen atoms in total. The third-order valence-electron chi connectivity index (χ3n) is 6.63. The minimum atomic E-state index is -0.288. The summed E-state index contributed by atoms with van der Waals surface area (Å²) in [5.41, 5.74) is 1.94. The molecule has 27 heavy (non-hydrogen) atoms. The van der Waals surface area contributed by atoms with Crippen molar-refractivity contribution in [3.8, 4) is 0 Å². The van der Waals surface area contributed by atoms with Crippen molar-refractivity contribution in [3.05, 3.63) is 35.3 Å². The number of hydrogen-bond donors (Lipinski definition) is 1. The number of hydrogen-bond acceptors (Lipinski definition) is 3. The molecule has 0 radical (unpaired) electrons. The van der Waals surface area contributed by atoms with Gasteiger partial charge in [0, 0.05) is 31.8 Å². The predicted octanol–water partition coefficient (Wildman–Crippen LogP) is 3.34. The molecule has 2 fully saturated rings. The van der Waals surface area contributed by atoms with E-state index in [1.165, 1.54) is 6.07 Å². The number of aryl methyl sites for hydroxylation is 1. The third-order valence-corrected chi connectivity index (χ3v) is 6.63. The molecular weight excluding hydrogens is 347 g/mol. The van der Waals surface area contributed by atoms with E-state index in [1.807, 2.05) is 17.9 Å². The van der Waals surface area contributed by atoms with Crippen molar-refractivity contribution in [1.82, 2.24) is 9.88 Å². The van der Waals surface area contributed by atoms with Gasteiger partial charge in [0.15, 0.2) is 0 Å². The number of nitrogens with zero attached hydrogens (tertiary/aromatic N) is 1. The van der Waals surface area contributed by atoms with Gasteiger partial charge in [-0.3, -0.25) is 4.79 Å². The van der Waals surface area contributed by atoms with Crippen molar-refractivity contribution < 1.29 is 18.7 Å². The highest BCUT2D eigenvalue weighted by Crippen LogP contribution is 2.43. The van der Waals surface area contributed by atoms with Crippen molar-refractivity contribution in [1.29, 1.82) is 0 Å². The minimum absolute atomic E-state index is 0.0379. The Morgan fingerprint density at radius 3 is 2.93 bits per heavy atom. The average Bonchev–Trinajstić information content (AvgIpc) is 3.21. The molecule has 2 heterocycles. The normalized spacial score (nSPS) is 27.9. The lowest BCUT2D eigenvalue weighted by Crippen LogP contribution is -2.53. The van der Waals surface area contributed by atoms with E-state index in [1.54, 1.807) is 20.3 Å². The summed E-state index contributed by atoms with van der Waals surface area (Å²) in [6, 6.07) is 5.03. The Hall–Kier alpha value is -1.92. The number of carbonyl (C=O) groups is 1. The van der Waals surface area contributed by atoms with Gasteiger partial charge in [0.2, 0.25) is 5.91 Å². The van der Waals surface area contributed by atoms with Crippen LogP contribution in [0.1, 0.15) is 36.9 Å². The molecule has 146 valence electrons. The third kappa shape index (κ3) is 2.95. The molecule has 6 heteroatoms. The molecule has 4 rings (SSSR count). The first-order chi connectivity index (χ1) is 13.0. The maximum atomic E-state index is 14.1. The lowest BCUT2D eigenvalue weighted by atomic mass is 9.79. The molecule has 0 bridgehead atoms. The lowest BCUT2D eigenvalue weighted by molar-refractivity contribution is -0.140. The van der Waals surface area contributed by atoms with Crippen molar-refractivity contribution in [2.24, 2.45) is 0 Å². The van der Waals surface area contributed by atoms with Crippen LogP contribution in [0.2, 0.25) is 0 Å². The number of benzene rings is 1. The number of fused-ring (bicyclic) bond motifs is 2. The van der Waals surface area contributed by atoms with Crippen molar-refractivity contribution in [2.45, 2.75) is 56.8 Å². The Balaban J connectivity index is 1.60. The van der Waals surface area contributed by atoms with E-state index in [0.29, 0.717) is 12.1 Å². The second-order valence-electron chi connectivity index (χ2n) is 7.82. The number of para-hydroxylation sites is 1. The van der Waals surface area contributed by atoms with Crippen molar-refractivity contribution in [2.75, 3.05) is 20.8 Å². The zero-order valence-corrected chi connectivity index (χ0v) is 16.2. The van der Waals surface area contributed by atoms with Crippen LogP contribution >= 0.6 is 0 Å². The molecular formula is C21H27FN2O3. The highest BCUT2D eigenvalue weighted by molar-refractivity contribution is 5.90. The van der Waals surface area contributed by atoms with E-state index in [0.717, 1.165) is 42.3 Å². The van der Waals surface area contributed by atoms with Gasteiger partial charge in [0.25, 0.3) is 0 Å². The summed E-state index contributed by atoms with van der Waals surface area (Å²) in [5.74, 6) is -0.215. The van der Waals surface area contributed by atoms with Gasteiger partial charge in [-0.1, -0.05) is 12.1 Å². The second-order valence-corrected chi connectivity index (χ2v) is 7.82. The van der Waals surface area contributed by atoms with Crippen LogP contribution in [-0.2, 0) is 20.7 Å². The van der Waals surface area contributed by atoms with Crippen LogP contribution in [0.5, 0.6) is 0 Å². The monoisotopic (exact) mass is 374 g/mol. The number of aromatic amines is 1. The van der Waals surface area contributed by atoms with E-state index in [2.05, 4.69) is 4.98 Å². The van der Waals surface area contributed by atoms with Gasteiger partial charge in [-0.15, -0.1) is 0 Å². The van der Waals surface area contributed by atoms with Crippen LogP contribution < -0.4 is 0 Å². The van der Waals surface area contributed by atoms with Crippen LogP contribution in [-0.4, -0.2) is 54.3 Å². The van der Waals surface area contributed by atoms with Crippen LogP contribution in [0.3, 0.4) is 0 Å². The van der Waals surface area contributed by atoms with E-state index in [4.69, 9.17) is 9.47 Å².